The van der Waals surface area contributed by atoms with Gasteiger partial charge in [0.05, 0.1) is 12.0 Å². The Hall–Kier alpha value is -1.15. The van der Waals surface area contributed by atoms with Crippen molar-refractivity contribution in [3.05, 3.63) is 22.8 Å². The van der Waals surface area contributed by atoms with Gasteiger partial charge in [-0.1, -0.05) is 0 Å². The van der Waals surface area contributed by atoms with Crippen molar-refractivity contribution in [1.82, 2.24) is 4.72 Å². The molecular weight excluding hydrogens is 306 g/mol. The second kappa shape index (κ2) is 6.54. The lowest BCUT2D eigenvalue weighted by Crippen LogP contribution is -2.41. The molecule has 0 aliphatic carbocycles. The smallest absolute Gasteiger partial charge is 0.241 e. The average Bonchev–Trinajstić information content (AvgIpc) is 2.40. The highest BCUT2D eigenvalue weighted by Crippen LogP contribution is 2.30. The molecule has 1 aliphatic heterocycles. The van der Waals surface area contributed by atoms with Crippen LogP contribution in [0.3, 0.4) is 0 Å². The fourth-order valence-corrected chi connectivity index (χ4v) is 4.17. The van der Waals surface area contributed by atoms with E-state index in [0.29, 0.717) is 28.2 Å². The van der Waals surface area contributed by atoms with Crippen LogP contribution in [0.15, 0.2) is 11.0 Å². The summed E-state index contributed by atoms with van der Waals surface area (Å²) in [6.45, 7) is 7.48. The monoisotopic (exact) mass is 329 g/mol. The molecule has 1 fully saturated rings. The first kappa shape index (κ1) is 17.2. The van der Waals surface area contributed by atoms with E-state index in [9.17, 15) is 8.42 Å². The summed E-state index contributed by atoms with van der Waals surface area (Å²) in [6.07, 6.45) is -0.0376. The molecule has 0 saturated carbocycles. The molecule has 1 saturated heterocycles. The molecular formula is C15H23NO5S. The molecule has 0 spiro atoms. The van der Waals surface area contributed by atoms with Gasteiger partial charge in [0, 0.05) is 13.0 Å². The van der Waals surface area contributed by atoms with Crippen molar-refractivity contribution >= 4 is 10.0 Å². The number of benzene rings is 1. The minimum Gasteiger partial charge on any atom is -0.496 e. The van der Waals surface area contributed by atoms with Gasteiger partial charge in [-0.25, -0.2) is 13.1 Å². The summed E-state index contributed by atoms with van der Waals surface area (Å²) in [5.74, 6) is 0.694. The van der Waals surface area contributed by atoms with E-state index in [1.807, 2.05) is 6.92 Å². The van der Waals surface area contributed by atoms with Crippen molar-refractivity contribution in [3.8, 4) is 5.75 Å². The Labute approximate surface area is 131 Å². The Morgan fingerprint density at radius 3 is 2.41 bits per heavy atom. The van der Waals surface area contributed by atoms with Gasteiger partial charge in [-0.05, 0) is 50.5 Å². The van der Waals surface area contributed by atoms with Crippen LogP contribution in [0.1, 0.15) is 30.0 Å². The van der Waals surface area contributed by atoms with Crippen LogP contribution in [0.25, 0.3) is 0 Å². The quantitative estimate of drug-likeness (QED) is 0.864. The normalized spacial score (nSPS) is 21.5. The predicted octanol–water partition coefficient (Wildman–Crippen LogP) is 2.01. The second-order valence-electron chi connectivity index (χ2n) is 5.43. The molecule has 1 aromatic rings. The van der Waals surface area contributed by atoms with E-state index >= 15 is 0 Å². The van der Waals surface area contributed by atoms with Crippen LogP contribution in [0.5, 0.6) is 5.75 Å². The molecule has 124 valence electrons. The van der Waals surface area contributed by atoms with Gasteiger partial charge in [0.1, 0.15) is 5.75 Å². The van der Waals surface area contributed by atoms with Crippen LogP contribution < -0.4 is 9.46 Å². The standard InChI is InChI=1S/C15H23NO5S/c1-9-8-13(19-5)10(2)11(3)15(9)22(17,18)16-7-6-14-20-12(4)21-14/h8,12,14,16H,6-7H2,1-5H3. The molecule has 0 atom stereocenters. The third kappa shape index (κ3) is 3.43. The second-order valence-corrected chi connectivity index (χ2v) is 7.13. The van der Waals surface area contributed by atoms with Gasteiger partial charge >= 0.3 is 0 Å². The Morgan fingerprint density at radius 1 is 1.23 bits per heavy atom. The Morgan fingerprint density at radius 2 is 1.86 bits per heavy atom. The molecule has 1 aromatic carbocycles. The summed E-state index contributed by atoms with van der Waals surface area (Å²) < 4.78 is 43.5. The van der Waals surface area contributed by atoms with E-state index < -0.39 is 10.0 Å². The zero-order valence-electron chi connectivity index (χ0n) is 13.6. The minimum absolute atomic E-state index is 0.199. The molecule has 6 nitrogen and oxygen atoms in total. The van der Waals surface area contributed by atoms with Gasteiger partial charge in [0.15, 0.2) is 12.6 Å². The number of methoxy groups -OCH3 is 1. The number of sulfonamides is 1. The fraction of sp³-hybridized carbons (Fsp3) is 0.600. The number of ether oxygens (including phenoxy) is 3. The number of aryl methyl sites for hydroxylation is 1. The first-order valence-electron chi connectivity index (χ1n) is 7.21. The molecule has 0 radical (unpaired) electrons. The number of hydrogen-bond acceptors (Lipinski definition) is 5. The number of hydrogen-bond donors (Lipinski definition) is 1. The molecule has 0 bridgehead atoms. The SMILES string of the molecule is COc1cc(C)c(S(=O)(=O)NCCC2OC(C)O2)c(C)c1C. The summed E-state index contributed by atoms with van der Waals surface area (Å²) in [7, 11) is -2.00. The molecule has 1 heterocycles. The van der Waals surface area contributed by atoms with E-state index in [2.05, 4.69) is 4.72 Å². The zero-order valence-corrected chi connectivity index (χ0v) is 14.4. The molecule has 1 N–H and O–H groups in total. The largest absolute Gasteiger partial charge is 0.496 e. The van der Waals surface area contributed by atoms with Gasteiger partial charge in [-0.2, -0.15) is 0 Å². The van der Waals surface area contributed by atoms with Crippen LogP contribution in [0.4, 0.5) is 0 Å². The van der Waals surface area contributed by atoms with Crippen LogP contribution >= 0.6 is 0 Å². The molecule has 22 heavy (non-hydrogen) atoms. The number of rotatable bonds is 6. The highest BCUT2D eigenvalue weighted by Gasteiger charge is 2.27. The summed E-state index contributed by atoms with van der Waals surface area (Å²) in [5, 5.41) is 0. The lowest BCUT2D eigenvalue weighted by molar-refractivity contribution is -0.376. The highest BCUT2D eigenvalue weighted by molar-refractivity contribution is 7.89. The first-order valence-corrected chi connectivity index (χ1v) is 8.70. The average molecular weight is 329 g/mol. The van der Waals surface area contributed by atoms with Crippen molar-refractivity contribution in [2.24, 2.45) is 0 Å². The van der Waals surface area contributed by atoms with Crippen LogP contribution in [0.2, 0.25) is 0 Å². The van der Waals surface area contributed by atoms with E-state index in [1.54, 1.807) is 33.9 Å². The van der Waals surface area contributed by atoms with E-state index in [0.717, 1.165) is 5.56 Å². The third-order valence-corrected chi connectivity index (χ3v) is 5.58. The summed E-state index contributed by atoms with van der Waals surface area (Å²) >= 11 is 0. The molecule has 7 heteroatoms. The maximum atomic E-state index is 12.5. The van der Waals surface area contributed by atoms with Crippen molar-refractivity contribution < 1.29 is 22.6 Å². The zero-order chi connectivity index (χ0) is 16.5. The van der Waals surface area contributed by atoms with Crippen molar-refractivity contribution in [1.29, 1.82) is 0 Å². The Kier molecular flexibility index (Phi) is 5.11. The maximum absolute atomic E-state index is 12.5. The van der Waals surface area contributed by atoms with Crippen LogP contribution in [-0.4, -0.2) is 34.7 Å². The van der Waals surface area contributed by atoms with Crippen molar-refractivity contribution in [3.63, 3.8) is 0 Å². The fourth-order valence-electron chi connectivity index (χ4n) is 2.60. The van der Waals surface area contributed by atoms with E-state index in [-0.39, 0.29) is 19.1 Å². The van der Waals surface area contributed by atoms with E-state index in [4.69, 9.17) is 14.2 Å². The summed E-state index contributed by atoms with van der Waals surface area (Å²) in [6, 6.07) is 1.75. The topological polar surface area (TPSA) is 73.9 Å². The molecule has 2 rings (SSSR count). The molecule has 0 unspecified atom stereocenters. The molecule has 1 aliphatic rings. The van der Waals surface area contributed by atoms with Crippen LogP contribution in [-0.2, 0) is 19.5 Å². The molecule has 0 aromatic heterocycles. The minimum atomic E-state index is -3.58. The maximum Gasteiger partial charge on any atom is 0.241 e. The summed E-state index contributed by atoms with van der Waals surface area (Å²) in [5.41, 5.74) is 2.19. The Balaban J connectivity index is 2.13. The highest BCUT2D eigenvalue weighted by atomic mass is 32.2. The van der Waals surface area contributed by atoms with Gasteiger partial charge < -0.3 is 14.2 Å². The van der Waals surface area contributed by atoms with Crippen LogP contribution in [0, 0.1) is 20.8 Å². The lowest BCUT2D eigenvalue weighted by Gasteiger charge is -2.33. The summed E-state index contributed by atoms with van der Waals surface area (Å²) in [4.78, 5) is 0.314. The lowest BCUT2D eigenvalue weighted by atomic mass is 10.1. The Bertz CT molecular complexity index is 650. The van der Waals surface area contributed by atoms with Gasteiger partial charge in [-0.3, -0.25) is 0 Å². The van der Waals surface area contributed by atoms with Gasteiger partial charge in [0.25, 0.3) is 0 Å². The van der Waals surface area contributed by atoms with Gasteiger partial charge in [0.2, 0.25) is 10.0 Å². The first-order chi connectivity index (χ1) is 10.3. The third-order valence-electron chi connectivity index (χ3n) is 3.83. The van der Waals surface area contributed by atoms with Crippen molar-refractivity contribution in [2.45, 2.75) is 51.6 Å². The molecule has 0 amide bonds. The van der Waals surface area contributed by atoms with E-state index in [1.165, 1.54) is 0 Å². The number of nitrogens with one attached hydrogen (secondary N) is 1. The predicted molar refractivity (Wildman–Crippen MR) is 82.4 cm³/mol. The van der Waals surface area contributed by atoms with Crippen molar-refractivity contribution in [2.75, 3.05) is 13.7 Å². The van der Waals surface area contributed by atoms with Gasteiger partial charge in [-0.15, -0.1) is 0 Å².